The van der Waals surface area contributed by atoms with Crippen molar-refractivity contribution in [2.45, 2.75) is 37.8 Å². The lowest BCUT2D eigenvalue weighted by molar-refractivity contribution is -0.135. The summed E-state index contributed by atoms with van der Waals surface area (Å²) in [5.41, 5.74) is 0.751. The van der Waals surface area contributed by atoms with Crippen LogP contribution in [0.2, 0.25) is 0 Å². The molecular weight excluding hydrogens is 454 g/mol. The molecule has 1 N–H and O–H groups in total. The molecule has 0 radical (unpaired) electrons. The van der Waals surface area contributed by atoms with Gasteiger partial charge in [0.1, 0.15) is 22.7 Å². The van der Waals surface area contributed by atoms with Gasteiger partial charge in [0.05, 0.1) is 17.6 Å². The Morgan fingerprint density at radius 3 is 2.68 bits per heavy atom. The van der Waals surface area contributed by atoms with Gasteiger partial charge in [-0.05, 0) is 31.9 Å². The highest BCUT2D eigenvalue weighted by Gasteiger charge is 2.46. The summed E-state index contributed by atoms with van der Waals surface area (Å²) in [6.45, 7) is 1.64. The van der Waals surface area contributed by atoms with E-state index in [2.05, 4.69) is 30.2 Å². The van der Waals surface area contributed by atoms with Crippen LogP contribution in [-0.2, 0) is 16.6 Å². The zero-order chi connectivity index (χ0) is 24.1. The van der Waals surface area contributed by atoms with Crippen molar-refractivity contribution in [1.82, 2.24) is 29.3 Å². The Labute approximate surface area is 190 Å². The second-order valence-electron chi connectivity index (χ2n) is 8.10. The number of nitrogens with zero attached hydrogens (tertiary/aromatic N) is 6. The van der Waals surface area contributed by atoms with E-state index in [0.717, 1.165) is 6.20 Å². The zero-order valence-electron chi connectivity index (χ0n) is 17.8. The van der Waals surface area contributed by atoms with Crippen LogP contribution in [0.4, 0.5) is 23.4 Å². The van der Waals surface area contributed by atoms with E-state index >= 15 is 0 Å². The fourth-order valence-electron chi connectivity index (χ4n) is 3.98. The van der Waals surface area contributed by atoms with E-state index in [1.807, 2.05) is 0 Å². The van der Waals surface area contributed by atoms with Gasteiger partial charge in [-0.1, -0.05) is 0 Å². The maximum Gasteiger partial charge on any atom is 0.389 e. The number of carbonyl (C=O) groups is 1. The molecule has 8 nitrogen and oxygen atoms in total. The first-order chi connectivity index (χ1) is 16.1. The number of halogens is 4. The fourth-order valence-corrected chi connectivity index (χ4v) is 3.98. The van der Waals surface area contributed by atoms with Crippen LogP contribution in [0.15, 0.2) is 43.1 Å². The molecule has 1 unspecified atom stereocenters. The van der Waals surface area contributed by atoms with Crippen molar-refractivity contribution in [3.8, 4) is 11.5 Å². The first kappa shape index (κ1) is 21.9. The average molecular weight is 471 g/mol. The summed E-state index contributed by atoms with van der Waals surface area (Å²) in [6, 6.07) is 2.65. The summed E-state index contributed by atoms with van der Waals surface area (Å²) in [6.07, 6.45) is 2.07. The molecule has 4 aromatic rings. The molecule has 0 aromatic carbocycles. The van der Waals surface area contributed by atoms with Gasteiger partial charge in [-0.15, -0.1) is 0 Å². The first-order valence-electron chi connectivity index (χ1n) is 10.4. The molecular formula is C22H17F4N7O. The molecule has 0 aliphatic carbocycles. The summed E-state index contributed by atoms with van der Waals surface area (Å²) in [5, 5.41) is 2.71. The monoisotopic (exact) mass is 471 g/mol. The molecule has 174 valence electrons. The van der Waals surface area contributed by atoms with E-state index in [1.165, 1.54) is 24.5 Å². The highest BCUT2D eigenvalue weighted by Crippen LogP contribution is 2.41. The van der Waals surface area contributed by atoms with Gasteiger partial charge in [0, 0.05) is 36.8 Å². The zero-order valence-corrected chi connectivity index (χ0v) is 17.8. The van der Waals surface area contributed by atoms with Gasteiger partial charge in [0.2, 0.25) is 5.91 Å². The molecule has 0 bridgehead atoms. The molecule has 1 aliphatic heterocycles. The predicted molar refractivity (Wildman–Crippen MR) is 112 cm³/mol. The largest absolute Gasteiger partial charge is 0.389 e. The number of imidazole rings is 1. The summed E-state index contributed by atoms with van der Waals surface area (Å²) in [5.74, 6) is -0.471. The van der Waals surface area contributed by atoms with Crippen molar-refractivity contribution in [2.75, 3.05) is 5.32 Å². The van der Waals surface area contributed by atoms with Gasteiger partial charge in [-0.2, -0.15) is 13.2 Å². The summed E-state index contributed by atoms with van der Waals surface area (Å²) >= 11 is 0. The minimum absolute atomic E-state index is 0.0733. The molecule has 1 amide bonds. The molecule has 0 spiro atoms. The number of carbonyl (C=O) groups excluding carboxylic acids is 1. The number of alkyl halides is 3. The molecule has 1 atom stereocenters. The molecule has 5 rings (SSSR count). The van der Waals surface area contributed by atoms with E-state index in [0.29, 0.717) is 28.3 Å². The van der Waals surface area contributed by atoms with Gasteiger partial charge in [0.25, 0.3) is 0 Å². The highest BCUT2D eigenvalue weighted by atomic mass is 19.4. The predicted octanol–water partition coefficient (Wildman–Crippen LogP) is 3.86. The Bertz CT molecular complexity index is 1400. The average Bonchev–Trinajstić information content (AvgIpc) is 3.36. The molecule has 5 heterocycles. The minimum atomic E-state index is -4.25. The van der Waals surface area contributed by atoms with Crippen LogP contribution in [0.25, 0.3) is 17.2 Å². The SMILES string of the molecule is CC1(c2ccc(F)cn2)C(=O)Nc2nc(-c3cn4ccnc4c(CCCC(F)(F)F)n3)ncc21. The standard InChI is InChI=1S/C22H17F4N7O/c1-21(16-5-4-12(23)9-28-16)13-10-29-18(31-17(13)32-20(21)34)15-11-33-8-7-27-19(33)14(30-15)3-2-6-22(24,25)26/h4-5,7-11H,2-3,6H2,1H3,(H,29,31,32,34). The van der Waals surface area contributed by atoms with Crippen LogP contribution in [0.5, 0.6) is 0 Å². The third-order valence-corrected chi connectivity index (χ3v) is 5.80. The molecule has 0 saturated heterocycles. The second-order valence-corrected chi connectivity index (χ2v) is 8.10. The van der Waals surface area contributed by atoms with Crippen molar-refractivity contribution < 1.29 is 22.4 Å². The van der Waals surface area contributed by atoms with E-state index in [-0.39, 0.29) is 30.4 Å². The van der Waals surface area contributed by atoms with Crippen LogP contribution in [0, 0.1) is 5.82 Å². The van der Waals surface area contributed by atoms with E-state index in [4.69, 9.17) is 0 Å². The van der Waals surface area contributed by atoms with E-state index < -0.39 is 23.8 Å². The van der Waals surface area contributed by atoms with Crippen LogP contribution in [-0.4, -0.2) is 41.4 Å². The van der Waals surface area contributed by atoms with Crippen LogP contribution in [0.1, 0.15) is 36.7 Å². The van der Waals surface area contributed by atoms with Crippen LogP contribution >= 0.6 is 0 Å². The normalized spacial score (nSPS) is 17.7. The van der Waals surface area contributed by atoms with Gasteiger partial charge < -0.3 is 9.72 Å². The number of hydrogen-bond acceptors (Lipinski definition) is 6. The third kappa shape index (κ3) is 3.74. The number of fused-ring (bicyclic) bond motifs is 2. The van der Waals surface area contributed by atoms with Crippen molar-refractivity contribution in [3.63, 3.8) is 0 Å². The van der Waals surface area contributed by atoms with Crippen LogP contribution in [0.3, 0.4) is 0 Å². The lowest BCUT2D eigenvalue weighted by atomic mass is 9.81. The smallest absolute Gasteiger partial charge is 0.309 e. The Hall–Kier alpha value is -3.96. The molecule has 34 heavy (non-hydrogen) atoms. The minimum Gasteiger partial charge on any atom is -0.309 e. The summed E-state index contributed by atoms with van der Waals surface area (Å²) < 4.78 is 52.8. The van der Waals surface area contributed by atoms with Crippen molar-refractivity contribution in [1.29, 1.82) is 0 Å². The van der Waals surface area contributed by atoms with Gasteiger partial charge in [-0.3, -0.25) is 9.78 Å². The number of aromatic nitrogens is 6. The maximum absolute atomic E-state index is 13.3. The summed E-state index contributed by atoms with van der Waals surface area (Å²) in [7, 11) is 0. The van der Waals surface area contributed by atoms with Gasteiger partial charge in [-0.25, -0.2) is 24.3 Å². The highest BCUT2D eigenvalue weighted by molar-refractivity contribution is 6.07. The lowest BCUT2D eigenvalue weighted by Gasteiger charge is -2.20. The van der Waals surface area contributed by atoms with Crippen molar-refractivity contribution >= 4 is 17.4 Å². The number of aryl methyl sites for hydroxylation is 1. The number of anilines is 1. The molecule has 4 aromatic heterocycles. The number of pyridine rings is 1. The van der Waals surface area contributed by atoms with Gasteiger partial charge in [0.15, 0.2) is 11.5 Å². The molecule has 0 fully saturated rings. The second kappa shape index (κ2) is 7.82. The molecule has 0 saturated carbocycles. The van der Waals surface area contributed by atoms with E-state index in [1.54, 1.807) is 23.7 Å². The Kier molecular flexibility index (Phi) is 5.03. The Morgan fingerprint density at radius 2 is 1.94 bits per heavy atom. The Balaban J connectivity index is 1.51. The lowest BCUT2D eigenvalue weighted by Crippen LogP contribution is -2.33. The first-order valence-corrected chi connectivity index (χ1v) is 10.4. The molecule has 1 aliphatic rings. The third-order valence-electron chi connectivity index (χ3n) is 5.80. The fraction of sp³-hybridized carbons (Fsp3) is 0.273. The van der Waals surface area contributed by atoms with Gasteiger partial charge >= 0.3 is 6.18 Å². The molecule has 12 heteroatoms. The van der Waals surface area contributed by atoms with E-state index in [9.17, 15) is 22.4 Å². The van der Waals surface area contributed by atoms with Crippen LogP contribution < -0.4 is 5.32 Å². The maximum atomic E-state index is 13.3. The number of hydrogen-bond donors (Lipinski definition) is 1. The summed E-state index contributed by atoms with van der Waals surface area (Å²) in [4.78, 5) is 34.4. The number of amides is 1. The topological polar surface area (TPSA) is 98.0 Å². The van der Waals surface area contributed by atoms with Crippen molar-refractivity contribution in [2.24, 2.45) is 0 Å². The quantitative estimate of drug-likeness (QED) is 0.444. The number of rotatable bonds is 5. The Morgan fingerprint density at radius 1 is 1.12 bits per heavy atom. The van der Waals surface area contributed by atoms with Crippen molar-refractivity contribution in [3.05, 3.63) is 65.9 Å². The number of nitrogens with one attached hydrogen (secondary N) is 1.